The Balaban J connectivity index is 2.82. The Morgan fingerprint density at radius 3 is 2.42 bits per heavy atom. The lowest BCUT2D eigenvalue weighted by Crippen LogP contribution is -2.24. The van der Waals surface area contributed by atoms with Gasteiger partial charge >= 0.3 is 6.18 Å². The van der Waals surface area contributed by atoms with Gasteiger partial charge in [-0.1, -0.05) is 13.0 Å². The lowest BCUT2D eigenvalue weighted by atomic mass is 9.99. The van der Waals surface area contributed by atoms with Gasteiger partial charge in [0.15, 0.2) is 0 Å². The van der Waals surface area contributed by atoms with E-state index < -0.39 is 24.5 Å². The van der Waals surface area contributed by atoms with Crippen molar-refractivity contribution < 1.29 is 17.6 Å². The maximum atomic E-state index is 13.3. The van der Waals surface area contributed by atoms with Crippen LogP contribution in [0.1, 0.15) is 43.4 Å². The van der Waals surface area contributed by atoms with E-state index in [9.17, 15) is 17.6 Å². The molecule has 5 heteroatoms. The second kappa shape index (κ2) is 6.89. The monoisotopic (exact) mass is 277 g/mol. The third-order valence-corrected chi connectivity index (χ3v) is 2.82. The maximum Gasteiger partial charge on any atom is 0.389 e. The van der Waals surface area contributed by atoms with E-state index >= 15 is 0 Å². The number of halogens is 4. The van der Waals surface area contributed by atoms with E-state index in [1.165, 1.54) is 12.1 Å². The summed E-state index contributed by atoms with van der Waals surface area (Å²) in [6.07, 6.45) is -4.32. The fraction of sp³-hybridized carbons (Fsp3) is 0.571. The van der Waals surface area contributed by atoms with Gasteiger partial charge in [-0.25, -0.2) is 4.39 Å². The smallest absolute Gasteiger partial charge is 0.310 e. The van der Waals surface area contributed by atoms with E-state index in [1.54, 1.807) is 13.0 Å². The minimum absolute atomic E-state index is 0.0770. The fourth-order valence-corrected chi connectivity index (χ4v) is 1.98. The van der Waals surface area contributed by atoms with Crippen LogP contribution in [0.15, 0.2) is 18.2 Å². The van der Waals surface area contributed by atoms with Crippen molar-refractivity contribution in [3.8, 4) is 0 Å². The second-order valence-electron chi connectivity index (χ2n) is 4.72. The van der Waals surface area contributed by atoms with Gasteiger partial charge in [0.1, 0.15) is 5.82 Å². The number of aryl methyl sites for hydroxylation is 1. The summed E-state index contributed by atoms with van der Waals surface area (Å²) in [5, 5.41) is 3.05. The third kappa shape index (κ3) is 6.05. The standard InChI is InChI=1S/C14H19F4N/c1-3-6-19-13(4-5-14(16,17)18)11-7-10(2)8-12(15)9-11/h7-9,13,19H,3-6H2,1-2H3. The Hall–Kier alpha value is -1.10. The molecular formula is C14H19F4N. The molecular weight excluding hydrogens is 258 g/mol. The quantitative estimate of drug-likeness (QED) is 0.754. The lowest BCUT2D eigenvalue weighted by Gasteiger charge is -2.20. The van der Waals surface area contributed by atoms with E-state index in [0.717, 1.165) is 6.42 Å². The van der Waals surface area contributed by atoms with Crippen molar-refractivity contribution in [3.63, 3.8) is 0 Å². The Bertz CT molecular complexity index is 381. The van der Waals surface area contributed by atoms with E-state index in [4.69, 9.17) is 0 Å². The van der Waals surface area contributed by atoms with Crippen molar-refractivity contribution in [2.75, 3.05) is 6.54 Å². The number of rotatable bonds is 6. The molecule has 1 atom stereocenters. The van der Waals surface area contributed by atoms with Gasteiger partial charge < -0.3 is 5.32 Å². The van der Waals surface area contributed by atoms with E-state index in [1.807, 2.05) is 6.92 Å². The molecule has 0 saturated heterocycles. The Morgan fingerprint density at radius 2 is 1.89 bits per heavy atom. The molecule has 1 aromatic rings. The van der Waals surface area contributed by atoms with Crippen LogP contribution >= 0.6 is 0 Å². The van der Waals surface area contributed by atoms with Crippen molar-refractivity contribution >= 4 is 0 Å². The predicted octanol–water partition coefficient (Wildman–Crippen LogP) is 4.52. The minimum Gasteiger partial charge on any atom is -0.310 e. The highest BCUT2D eigenvalue weighted by atomic mass is 19.4. The normalized spacial score (nSPS) is 13.6. The molecule has 108 valence electrons. The van der Waals surface area contributed by atoms with Crippen LogP contribution < -0.4 is 5.32 Å². The van der Waals surface area contributed by atoms with Crippen molar-refractivity contribution in [2.45, 2.75) is 45.3 Å². The van der Waals surface area contributed by atoms with Crippen molar-refractivity contribution in [2.24, 2.45) is 0 Å². The maximum absolute atomic E-state index is 13.3. The van der Waals surface area contributed by atoms with Gasteiger partial charge in [-0.05, 0) is 49.6 Å². The molecule has 1 unspecified atom stereocenters. The number of nitrogens with one attached hydrogen (secondary N) is 1. The molecule has 0 fully saturated rings. The fourth-order valence-electron chi connectivity index (χ4n) is 1.98. The van der Waals surface area contributed by atoms with Crippen LogP contribution in [0, 0.1) is 12.7 Å². The summed E-state index contributed by atoms with van der Waals surface area (Å²) in [5.74, 6) is -0.412. The average molecular weight is 277 g/mol. The van der Waals surface area contributed by atoms with Crippen LogP contribution in [0.5, 0.6) is 0 Å². The zero-order valence-corrected chi connectivity index (χ0v) is 11.1. The largest absolute Gasteiger partial charge is 0.389 e. The summed E-state index contributed by atoms with van der Waals surface area (Å²) < 4.78 is 50.3. The molecule has 1 aromatic carbocycles. The molecule has 1 nitrogen and oxygen atoms in total. The second-order valence-corrected chi connectivity index (χ2v) is 4.72. The van der Waals surface area contributed by atoms with Crippen LogP contribution in [-0.2, 0) is 0 Å². The highest BCUT2D eigenvalue weighted by Crippen LogP contribution is 2.28. The highest BCUT2D eigenvalue weighted by Gasteiger charge is 2.28. The molecule has 0 saturated carbocycles. The lowest BCUT2D eigenvalue weighted by molar-refractivity contribution is -0.136. The number of alkyl halides is 3. The first-order chi connectivity index (χ1) is 8.81. The SMILES string of the molecule is CCCNC(CCC(F)(F)F)c1cc(C)cc(F)c1. The molecule has 0 spiro atoms. The van der Waals surface area contributed by atoms with Gasteiger partial charge in [0.2, 0.25) is 0 Å². The molecule has 0 bridgehead atoms. The highest BCUT2D eigenvalue weighted by molar-refractivity contribution is 5.26. The van der Waals surface area contributed by atoms with Crippen LogP contribution in [0.4, 0.5) is 17.6 Å². The van der Waals surface area contributed by atoms with Crippen LogP contribution in [0.25, 0.3) is 0 Å². The zero-order chi connectivity index (χ0) is 14.5. The molecule has 1 N–H and O–H groups in total. The molecule has 1 rings (SSSR count). The Labute approximate surface area is 111 Å². The summed E-state index contributed by atoms with van der Waals surface area (Å²) in [6.45, 7) is 4.27. The predicted molar refractivity (Wildman–Crippen MR) is 67.5 cm³/mol. The van der Waals surface area contributed by atoms with Gasteiger partial charge in [0.05, 0.1) is 0 Å². The van der Waals surface area contributed by atoms with Crippen molar-refractivity contribution in [1.29, 1.82) is 0 Å². The topological polar surface area (TPSA) is 12.0 Å². The zero-order valence-electron chi connectivity index (χ0n) is 11.1. The first-order valence-corrected chi connectivity index (χ1v) is 6.39. The summed E-state index contributed by atoms with van der Waals surface area (Å²) in [4.78, 5) is 0. The first kappa shape index (κ1) is 16.0. The molecule has 19 heavy (non-hydrogen) atoms. The van der Waals surface area contributed by atoms with Crippen LogP contribution in [-0.4, -0.2) is 12.7 Å². The number of hydrogen-bond acceptors (Lipinski definition) is 1. The summed E-state index contributed by atoms with van der Waals surface area (Å²) >= 11 is 0. The average Bonchev–Trinajstić information content (AvgIpc) is 2.26. The molecule has 0 aliphatic heterocycles. The molecule has 0 aromatic heterocycles. The van der Waals surface area contributed by atoms with Crippen molar-refractivity contribution in [3.05, 3.63) is 35.1 Å². The minimum atomic E-state index is -4.19. The van der Waals surface area contributed by atoms with E-state index in [-0.39, 0.29) is 6.42 Å². The molecule has 0 amide bonds. The van der Waals surface area contributed by atoms with E-state index in [2.05, 4.69) is 5.32 Å². The van der Waals surface area contributed by atoms with Gasteiger partial charge in [-0.3, -0.25) is 0 Å². The summed E-state index contributed by atoms with van der Waals surface area (Å²) in [7, 11) is 0. The molecule has 0 radical (unpaired) electrons. The molecule has 0 aliphatic rings. The Morgan fingerprint density at radius 1 is 1.21 bits per heavy atom. The van der Waals surface area contributed by atoms with Gasteiger partial charge in [0.25, 0.3) is 0 Å². The summed E-state index contributed by atoms with van der Waals surface area (Å²) in [5.41, 5.74) is 1.29. The van der Waals surface area contributed by atoms with Gasteiger partial charge in [-0.15, -0.1) is 0 Å². The van der Waals surface area contributed by atoms with Crippen LogP contribution in [0.3, 0.4) is 0 Å². The van der Waals surface area contributed by atoms with Gasteiger partial charge in [-0.2, -0.15) is 13.2 Å². The molecule has 0 heterocycles. The number of benzene rings is 1. The van der Waals surface area contributed by atoms with Gasteiger partial charge in [0, 0.05) is 12.5 Å². The summed E-state index contributed by atoms with van der Waals surface area (Å²) in [6, 6.07) is 3.93. The number of hydrogen-bond donors (Lipinski definition) is 1. The van der Waals surface area contributed by atoms with Crippen LogP contribution in [0.2, 0.25) is 0 Å². The van der Waals surface area contributed by atoms with E-state index in [0.29, 0.717) is 17.7 Å². The molecule has 0 aliphatic carbocycles. The van der Waals surface area contributed by atoms with Crippen molar-refractivity contribution in [1.82, 2.24) is 5.32 Å². The third-order valence-electron chi connectivity index (χ3n) is 2.82. The first-order valence-electron chi connectivity index (χ1n) is 6.39. The Kier molecular flexibility index (Phi) is 5.79.